The molecule has 2 aromatic rings. The highest BCUT2D eigenvalue weighted by Gasteiger charge is 2.27. The van der Waals surface area contributed by atoms with E-state index in [2.05, 4.69) is 13.8 Å². The Labute approximate surface area is 181 Å². The minimum absolute atomic E-state index is 0.0386. The summed E-state index contributed by atoms with van der Waals surface area (Å²) in [5, 5.41) is 0.446. The smallest absolute Gasteiger partial charge is 0.192 e. The zero-order chi connectivity index (χ0) is 21.8. The molecule has 0 spiro atoms. The number of rotatable bonds is 8. The molecule has 2 heterocycles. The molecule has 0 saturated carbocycles. The summed E-state index contributed by atoms with van der Waals surface area (Å²) < 4.78 is 19.0. The van der Waals surface area contributed by atoms with E-state index in [0.29, 0.717) is 47.6 Å². The van der Waals surface area contributed by atoms with Gasteiger partial charge in [0.25, 0.3) is 0 Å². The van der Waals surface area contributed by atoms with Gasteiger partial charge in [-0.15, -0.1) is 0 Å². The van der Waals surface area contributed by atoms with Crippen molar-refractivity contribution in [2.75, 3.05) is 26.9 Å². The third-order valence-electron chi connectivity index (χ3n) is 5.31. The first-order valence-electron chi connectivity index (χ1n) is 10.2. The molecule has 0 amide bonds. The molecule has 0 saturated heterocycles. The summed E-state index contributed by atoms with van der Waals surface area (Å²) in [6, 6.07) is 5.01. The third kappa shape index (κ3) is 4.71. The Morgan fingerprint density at radius 2 is 2.00 bits per heavy atom. The number of hydrogen-bond acceptors (Lipinski definition) is 5. The maximum atomic E-state index is 12.6. The number of unbranched alkanes of at least 4 members (excludes halogenated alkanes) is 1. The largest absolute Gasteiger partial charge is 0.492 e. The molecule has 1 aliphatic rings. The van der Waals surface area contributed by atoms with Crippen molar-refractivity contribution in [2.24, 2.45) is 5.92 Å². The summed E-state index contributed by atoms with van der Waals surface area (Å²) in [6.45, 7) is 7.19. The molecular weight excluding hydrogens is 406 g/mol. The maximum absolute atomic E-state index is 12.6. The number of benzene rings is 1. The molecule has 1 aliphatic heterocycles. The number of methoxy groups -OCH3 is 1. The number of nitrogens with zero attached hydrogens (tertiary/aromatic N) is 1. The van der Waals surface area contributed by atoms with Crippen molar-refractivity contribution in [2.45, 2.75) is 39.7 Å². The number of Topliss-reactive ketones (excluding diaryl/α,β-unsaturated/α-hetero) is 1. The van der Waals surface area contributed by atoms with Crippen molar-refractivity contribution in [1.82, 2.24) is 4.57 Å². The van der Waals surface area contributed by atoms with Gasteiger partial charge in [-0.3, -0.25) is 9.59 Å². The lowest BCUT2D eigenvalue weighted by Gasteiger charge is -2.24. The lowest BCUT2D eigenvalue weighted by atomic mass is 10.0. The Kier molecular flexibility index (Phi) is 7.21. The molecule has 0 radical (unpaired) electrons. The van der Waals surface area contributed by atoms with E-state index in [9.17, 15) is 9.59 Å². The molecule has 1 aromatic carbocycles. The van der Waals surface area contributed by atoms with E-state index in [4.69, 9.17) is 25.8 Å². The normalized spacial score (nSPS) is 15.2. The van der Waals surface area contributed by atoms with Crippen molar-refractivity contribution in [3.05, 3.63) is 45.2 Å². The van der Waals surface area contributed by atoms with Gasteiger partial charge in [0.15, 0.2) is 11.2 Å². The molecule has 1 unspecified atom stereocenters. The van der Waals surface area contributed by atoms with E-state index in [-0.39, 0.29) is 28.7 Å². The maximum Gasteiger partial charge on any atom is 0.192 e. The van der Waals surface area contributed by atoms with Gasteiger partial charge in [0.1, 0.15) is 18.1 Å². The summed E-state index contributed by atoms with van der Waals surface area (Å²) in [5.74, 6) is 1.13. The lowest BCUT2D eigenvalue weighted by molar-refractivity contribution is 0.101. The standard InChI is InChI=1S/C23H28ClNO5/c1-14(2)20-13-30-22-11-23(29-8-6-5-7-28-4)18(24)9-16(22)19-10-21(27)17(15(3)26)12-25(19)20/h9-12,14,20H,5-8,13H2,1-4H3. The summed E-state index contributed by atoms with van der Waals surface area (Å²) >= 11 is 6.49. The Morgan fingerprint density at radius 3 is 2.67 bits per heavy atom. The number of fused-ring (bicyclic) bond motifs is 3. The Bertz CT molecular complexity index is 982. The van der Waals surface area contributed by atoms with Gasteiger partial charge in [-0.1, -0.05) is 25.4 Å². The summed E-state index contributed by atoms with van der Waals surface area (Å²) in [6.07, 6.45) is 3.40. The van der Waals surface area contributed by atoms with Gasteiger partial charge in [-0.05, 0) is 31.7 Å². The van der Waals surface area contributed by atoms with Crippen molar-refractivity contribution in [3.63, 3.8) is 0 Å². The number of ketones is 1. The highest BCUT2D eigenvalue weighted by atomic mass is 35.5. The number of carbonyl (C=O) groups is 1. The molecule has 0 fully saturated rings. The number of halogens is 1. The zero-order valence-electron chi connectivity index (χ0n) is 17.9. The first-order chi connectivity index (χ1) is 14.3. The fourth-order valence-electron chi connectivity index (χ4n) is 3.57. The van der Waals surface area contributed by atoms with Crippen LogP contribution in [0, 0.1) is 5.92 Å². The molecule has 0 bridgehead atoms. The Hall–Kier alpha value is -2.31. The number of hydrogen-bond donors (Lipinski definition) is 0. The van der Waals surface area contributed by atoms with Crippen molar-refractivity contribution in [3.8, 4) is 22.8 Å². The van der Waals surface area contributed by atoms with Crippen LogP contribution in [0.3, 0.4) is 0 Å². The Morgan fingerprint density at radius 1 is 1.27 bits per heavy atom. The van der Waals surface area contributed by atoms with Crippen molar-refractivity contribution < 1.29 is 19.0 Å². The van der Waals surface area contributed by atoms with Gasteiger partial charge in [0.05, 0.1) is 28.9 Å². The second-order valence-electron chi connectivity index (χ2n) is 7.85. The topological polar surface area (TPSA) is 66.8 Å². The van der Waals surface area contributed by atoms with Gasteiger partial charge in [0, 0.05) is 37.6 Å². The average molecular weight is 434 g/mol. The number of ether oxygens (including phenoxy) is 3. The van der Waals surface area contributed by atoms with Crippen molar-refractivity contribution >= 4 is 17.4 Å². The molecule has 162 valence electrons. The van der Waals surface area contributed by atoms with Gasteiger partial charge in [-0.2, -0.15) is 0 Å². The molecule has 6 nitrogen and oxygen atoms in total. The fraction of sp³-hybridized carbons (Fsp3) is 0.478. The fourth-order valence-corrected chi connectivity index (χ4v) is 3.79. The highest BCUT2D eigenvalue weighted by Crippen LogP contribution is 2.42. The monoisotopic (exact) mass is 433 g/mol. The van der Waals surface area contributed by atoms with Crippen molar-refractivity contribution in [1.29, 1.82) is 0 Å². The number of carbonyl (C=O) groups excluding carboxylic acids is 1. The number of aromatic nitrogens is 1. The van der Waals surface area contributed by atoms with Gasteiger partial charge in [0.2, 0.25) is 0 Å². The van der Waals surface area contributed by atoms with E-state index in [1.807, 2.05) is 4.57 Å². The third-order valence-corrected chi connectivity index (χ3v) is 5.60. The van der Waals surface area contributed by atoms with Crippen LogP contribution in [-0.4, -0.2) is 37.3 Å². The molecule has 0 aliphatic carbocycles. The SMILES string of the molecule is COCCCCOc1cc2c(cc1Cl)-c1cc(=O)c(C(C)=O)cn1C(C(C)C)CO2. The molecule has 30 heavy (non-hydrogen) atoms. The van der Waals surface area contributed by atoms with Crippen LogP contribution >= 0.6 is 11.6 Å². The quantitative estimate of drug-likeness (QED) is 0.443. The highest BCUT2D eigenvalue weighted by molar-refractivity contribution is 6.32. The van der Waals surface area contributed by atoms with Crippen LogP contribution in [0.1, 0.15) is 50.0 Å². The van der Waals surface area contributed by atoms with E-state index in [1.165, 1.54) is 13.0 Å². The second-order valence-corrected chi connectivity index (χ2v) is 8.26. The predicted octanol–water partition coefficient (Wildman–Crippen LogP) is 4.77. The summed E-state index contributed by atoms with van der Waals surface area (Å²) in [5.41, 5.74) is 1.26. The average Bonchev–Trinajstić information content (AvgIpc) is 2.83. The predicted molar refractivity (Wildman–Crippen MR) is 117 cm³/mol. The van der Waals surface area contributed by atoms with Crippen LogP contribution in [0.5, 0.6) is 11.5 Å². The second kappa shape index (κ2) is 9.67. The summed E-state index contributed by atoms with van der Waals surface area (Å²) in [4.78, 5) is 24.5. The van der Waals surface area contributed by atoms with E-state index < -0.39 is 0 Å². The molecular formula is C23H28ClNO5. The van der Waals surface area contributed by atoms with Crippen LogP contribution in [0.2, 0.25) is 5.02 Å². The minimum atomic E-state index is -0.307. The van der Waals surface area contributed by atoms with E-state index >= 15 is 0 Å². The van der Waals surface area contributed by atoms with Crippen LogP contribution in [0.4, 0.5) is 0 Å². The summed E-state index contributed by atoms with van der Waals surface area (Å²) in [7, 11) is 1.68. The van der Waals surface area contributed by atoms with E-state index in [0.717, 1.165) is 12.8 Å². The first kappa shape index (κ1) is 22.4. The zero-order valence-corrected chi connectivity index (χ0v) is 18.6. The molecule has 0 N–H and O–H groups in total. The number of pyridine rings is 1. The van der Waals surface area contributed by atoms with Crippen LogP contribution < -0.4 is 14.9 Å². The van der Waals surface area contributed by atoms with E-state index in [1.54, 1.807) is 25.4 Å². The van der Waals surface area contributed by atoms with Gasteiger partial charge in [-0.25, -0.2) is 0 Å². The molecule has 7 heteroatoms. The van der Waals surface area contributed by atoms with Gasteiger partial charge >= 0.3 is 0 Å². The van der Waals surface area contributed by atoms with Crippen LogP contribution in [-0.2, 0) is 4.74 Å². The minimum Gasteiger partial charge on any atom is -0.492 e. The molecule has 1 aromatic heterocycles. The van der Waals surface area contributed by atoms with Gasteiger partial charge < -0.3 is 18.8 Å². The first-order valence-corrected chi connectivity index (χ1v) is 10.6. The lowest BCUT2D eigenvalue weighted by Crippen LogP contribution is -2.25. The van der Waals surface area contributed by atoms with Crippen LogP contribution in [0.25, 0.3) is 11.3 Å². The molecule has 3 rings (SSSR count). The Balaban J connectivity index is 2.02. The van der Waals surface area contributed by atoms with Crippen LogP contribution in [0.15, 0.2) is 29.2 Å². The molecule has 1 atom stereocenters.